The predicted molar refractivity (Wildman–Crippen MR) is 113 cm³/mol. The van der Waals surface area contributed by atoms with Crippen LogP contribution in [0.3, 0.4) is 0 Å². The zero-order valence-corrected chi connectivity index (χ0v) is 17.2. The fourth-order valence-electron chi connectivity index (χ4n) is 2.85. The van der Waals surface area contributed by atoms with E-state index in [1.807, 2.05) is 43.3 Å². The lowest BCUT2D eigenvalue weighted by Gasteiger charge is -2.25. The van der Waals surface area contributed by atoms with Crippen molar-refractivity contribution in [2.24, 2.45) is 14.1 Å². The van der Waals surface area contributed by atoms with Crippen LogP contribution in [0, 0.1) is 0 Å². The smallest absolute Gasteiger partial charge is 0.332 e. The average Bonchev–Trinajstić information content (AvgIpc) is 2.67. The Hall–Kier alpha value is -2.87. The molecule has 0 aliphatic carbocycles. The van der Waals surface area contributed by atoms with Gasteiger partial charge in [0.05, 0.1) is 0 Å². The van der Waals surface area contributed by atoms with Crippen molar-refractivity contribution in [3.8, 4) is 0 Å². The number of carbonyl (C=O) groups is 1. The molecule has 1 aromatic heterocycles. The van der Waals surface area contributed by atoms with Crippen molar-refractivity contribution in [2.75, 3.05) is 50.5 Å². The quantitative estimate of drug-likeness (QED) is 0.640. The first-order valence-corrected chi connectivity index (χ1v) is 9.22. The molecule has 0 saturated carbocycles. The lowest BCUT2D eigenvalue weighted by Crippen LogP contribution is -2.41. The Balaban J connectivity index is 1.82. The molecule has 0 saturated heterocycles. The maximum atomic E-state index is 12.0. The largest absolute Gasteiger partial charge is 0.384 e. The van der Waals surface area contributed by atoms with E-state index in [-0.39, 0.29) is 17.0 Å². The van der Waals surface area contributed by atoms with Crippen LogP contribution in [0.4, 0.5) is 11.5 Å². The van der Waals surface area contributed by atoms with Crippen LogP contribution in [0.1, 0.15) is 17.3 Å². The second-order valence-corrected chi connectivity index (χ2v) is 7.03. The van der Waals surface area contributed by atoms with Crippen LogP contribution >= 0.6 is 0 Å². The summed E-state index contributed by atoms with van der Waals surface area (Å²) in [6.45, 7) is 4.62. The van der Waals surface area contributed by atoms with Crippen molar-refractivity contribution < 1.29 is 4.79 Å². The van der Waals surface area contributed by atoms with Gasteiger partial charge < -0.3 is 15.1 Å². The Kier molecular flexibility index (Phi) is 7.17. The summed E-state index contributed by atoms with van der Waals surface area (Å²) in [4.78, 5) is 39.3. The predicted octanol–water partition coefficient (Wildman–Crippen LogP) is 0.767. The minimum Gasteiger partial charge on any atom is -0.384 e. The van der Waals surface area contributed by atoms with Crippen LogP contribution in [0.25, 0.3) is 0 Å². The van der Waals surface area contributed by atoms with Gasteiger partial charge in [-0.3, -0.25) is 18.7 Å². The molecule has 1 heterocycles. The van der Waals surface area contributed by atoms with Crippen LogP contribution in [-0.2, 0) is 14.1 Å². The van der Waals surface area contributed by atoms with Crippen LogP contribution in [0.5, 0.6) is 0 Å². The maximum Gasteiger partial charge on any atom is 0.332 e. The topological polar surface area (TPSA) is 79.6 Å². The third-order valence-electron chi connectivity index (χ3n) is 4.82. The van der Waals surface area contributed by atoms with Gasteiger partial charge in [-0.05, 0) is 38.2 Å². The van der Waals surface area contributed by atoms with Gasteiger partial charge in [-0.1, -0.05) is 0 Å². The molecule has 0 spiro atoms. The molecule has 8 heteroatoms. The molecular weight excluding hydrogens is 358 g/mol. The Bertz CT molecular complexity index is 930. The minimum atomic E-state index is -0.331. The molecule has 0 unspecified atom stereocenters. The highest BCUT2D eigenvalue weighted by molar-refractivity contribution is 5.94. The van der Waals surface area contributed by atoms with Gasteiger partial charge in [-0.25, -0.2) is 4.79 Å². The SMILES string of the molecule is CC(=O)c1ccc(NCCN(C)CCN(C)c2cc(=O)n(C)c(=O)n2C)cc1. The molecule has 0 atom stereocenters. The molecule has 0 aliphatic heterocycles. The Labute approximate surface area is 165 Å². The fraction of sp³-hybridized carbons (Fsp3) is 0.450. The number of benzene rings is 1. The lowest BCUT2D eigenvalue weighted by molar-refractivity contribution is 0.101. The van der Waals surface area contributed by atoms with Gasteiger partial charge in [0.1, 0.15) is 5.82 Å². The first-order valence-electron chi connectivity index (χ1n) is 9.22. The molecule has 1 aromatic carbocycles. The van der Waals surface area contributed by atoms with E-state index < -0.39 is 0 Å². The minimum absolute atomic E-state index is 0.0594. The van der Waals surface area contributed by atoms with Gasteiger partial charge in [-0.2, -0.15) is 0 Å². The second-order valence-electron chi connectivity index (χ2n) is 7.03. The highest BCUT2D eigenvalue weighted by atomic mass is 16.2. The zero-order chi connectivity index (χ0) is 20.8. The molecule has 28 heavy (non-hydrogen) atoms. The number of hydrogen-bond donors (Lipinski definition) is 1. The van der Waals surface area contributed by atoms with E-state index in [4.69, 9.17) is 0 Å². The molecule has 1 N–H and O–H groups in total. The molecule has 0 amide bonds. The molecule has 8 nitrogen and oxygen atoms in total. The van der Waals surface area contributed by atoms with E-state index in [0.29, 0.717) is 17.9 Å². The summed E-state index contributed by atoms with van der Waals surface area (Å²) in [6, 6.07) is 8.92. The fourth-order valence-corrected chi connectivity index (χ4v) is 2.85. The number of likely N-dealkylation sites (N-methyl/N-ethyl adjacent to an activating group) is 2. The number of anilines is 2. The first-order chi connectivity index (χ1) is 13.2. The van der Waals surface area contributed by atoms with Crippen molar-refractivity contribution in [1.82, 2.24) is 14.0 Å². The van der Waals surface area contributed by atoms with Crippen molar-refractivity contribution in [3.05, 3.63) is 56.7 Å². The summed E-state index contributed by atoms with van der Waals surface area (Å²) < 4.78 is 2.58. The van der Waals surface area contributed by atoms with E-state index in [9.17, 15) is 14.4 Å². The summed E-state index contributed by atoms with van der Waals surface area (Å²) in [5.74, 6) is 0.661. The summed E-state index contributed by atoms with van der Waals surface area (Å²) in [5.41, 5.74) is 1.04. The number of hydrogen-bond acceptors (Lipinski definition) is 6. The molecule has 0 radical (unpaired) electrons. The van der Waals surface area contributed by atoms with Gasteiger partial charge in [-0.15, -0.1) is 0 Å². The molecule has 0 fully saturated rings. The van der Waals surface area contributed by atoms with Crippen LogP contribution < -0.4 is 21.5 Å². The van der Waals surface area contributed by atoms with E-state index in [1.165, 1.54) is 17.7 Å². The normalized spacial score (nSPS) is 10.9. The third-order valence-corrected chi connectivity index (χ3v) is 4.82. The zero-order valence-electron chi connectivity index (χ0n) is 17.2. The van der Waals surface area contributed by atoms with Crippen LogP contribution in [0.15, 0.2) is 39.9 Å². The van der Waals surface area contributed by atoms with Gasteiger partial charge >= 0.3 is 5.69 Å². The van der Waals surface area contributed by atoms with Crippen molar-refractivity contribution >= 4 is 17.3 Å². The number of aromatic nitrogens is 2. The molecule has 0 aliphatic rings. The van der Waals surface area contributed by atoms with Crippen molar-refractivity contribution in [2.45, 2.75) is 6.92 Å². The highest BCUT2D eigenvalue weighted by Crippen LogP contribution is 2.10. The monoisotopic (exact) mass is 387 g/mol. The standard InChI is InChI=1S/C20H29N5O3/c1-15(26)16-6-8-17(9-7-16)21-10-11-22(2)12-13-23(3)18-14-19(27)25(5)20(28)24(18)4/h6-9,14,21H,10-13H2,1-5H3. The number of Topliss-reactive ketones (excluding diaryl/α,β-unsaturated/α-hetero) is 1. The number of nitrogens with zero attached hydrogens (tertiary/aromatic N) is 4. The molecule has 0 bridgehead atoms. The van der Waals surface area contributed by atoms with Crippen molar-refractivity contribution in [1.29, 1.82) is 0 Å². The first kappa shape index (κ1) is 21.4. The van der Waals surface area contributed by atoms with Crippen molar-refractivity contribution in [3.63, 3.8) is 0 Å². The number of nitrogens with one attached hydrogen (secondary N) is 1. The summed E-state index contributed by atoms with van der Waals surface area (Å²) >= 11 is 0. The molecular formula is C20H29N5O3. The Morgan fingerprint density at radius 3 is 2.25 bits per heavy atom. The molecule has 2 aromatic rings. The van der Waals surface area contributed by atoms with Crippen LogP contribution in [0.2, 0.25) is 0 Å². The molecule has 2 rings (SSSR count). The van der Waals surface area contributed by atoms with E-state index in [2.05, 4.69) is 10.2 Å². The van der Waals surface area contributed by atoms with E-state index in [0.717, 1.165) is 29.9 Å². The second kappa shape index (κ2) is 9.36. The van der Waals surface area contributed by atoms with Gasteiger partial charge in [0.15, 0.2) is 5.78 Å². The maximum absolute atomic E-state index is 12.0. The highest BCUT2D eigenvalue weighted by Gasteiger charge is 2.10. The summed E-state index contributed by atoms with van der Waals surface area (Å²) in [7, 11) is 7.04. The van der Waals surface area contributed by atoms with E-state index in [1.54, 1.807) is 14.0 Å². The van der Waals surface area contributed by atoms with E-state index >= 15 is 0 Å². The Morgan fingerprint density at radius 2 is 1.64 bits per heavy atom. The van der Waals surface area contributed by atoms with Gasteiger partial charge in [0.25, 0.3) is 5.56 Å². The molecule has 152 valence electrons. The van der Waals surface area contributed by atoms with Crippen LogP contribution in [-0.4, -0.2) is 60.1 Å². The number of carbonyl (C=O) groups excluding carboxylic acids is 1. The average molecular weight is 387 g/mol. The van der Waals surface area contributed by atoms with Gasteiger partial charge in [0.2, 0.25) is 0 Å². The third kappa shape index (κ3) is 5.32. The Morgan fingerprint density at radius 1 is 1.00 bits per heavy atom. The summed E-state index contributed by atoms with van der Waals surface area (Å²) in [5, 5.41) is 3.34. The summed E-state index contributed by atoms with van der Waals surface area (Å²) in [6.07, 6.45) is 0. The number of rotatable bonds is 9. The number of ketones is 1. The van der Waals surface area contributed by atoms with Gasteiger partial charge in [0, 0.05) is 64.6 Å². The lowest BCUT2D eigenvalue weighted by atomic mass is 10.1.